The average Bonchev–Trinajstić information content (AvgIpc) is 2.48. The Labute approximate surface area is 124 Å². The van der Waals surface area contributed by atoms with Crippen LogP contribution in [0.25, 0.3) is 0 Å². The topological polar surface area (TPSA) is 70.7 Å². The summed E-state index contributed by atoms with van der Waals surface area (Å²) in [5, 5.41) is 6.08. The maximum Gasteiger partial charge on any atom is 0.411 e. The molecule has 6 heteroatoms. The van der Waals surface area contributed by atoms with Crippen molar-refractivity contribution < 1.29 is 14.3 Å². The normalized spacial score (nSPS) is 15.4. The molecule has 1 aliphatic heterocycles. The molecule has 0 radical (unpaired) electrons. The predicted octanol–water partition coefficient (Wildman–Crippen LogP) is 2.29. The summed E-state index contributed by atoms with van der Waals surface area (Å²) in [7, 11) is 1.33. The van der Waals surface area contributed by atoms with E-state index in [9.17, 15) is 9.59 Å². The Morgan fingerprint density at radius 3 is 2.52 bits per heavy atom. The van der Waals surface area contributed by atoms with Crippen molar-refractivity contribution in [1.29, 1.82) is 0 Å². The highest BCUT2D eigenvalue weighted by atomic mass is 16.5. The van der Waals surface area contributed by atoms with Crippen molar-refractivity contribution in [2.45, 2.75) is 25.8 Å². The lowest BCUT2D eigenvalue weighted by atomic mass is 10.0. The first-order valence-corrected chi connectivity index (χ1v) is 7.05. The zero-order valence-corrected chi connectivity index (χ0v) is 12.4. The molecule has 2 N–H and O–H groups in total. The van der Waals surface area contributed by atoms with Crippen molar-refractivity contribution in [3.05, 3.63) is 24.3 Å². The predicted molar refractivity (Wildman–Crippen MR) is 81.4 cm³/mol. The van der Waals surface area contributed by atoms with Crippen LogP contribution in [-0.2, 0) is 9.53 Å². The van der Waals surface area contributed by atoms with Crippen LogP contribution in [0.3, 0.4) is 0 Å². The van der Waals surface area contributed by atoms with Crippen LogP contribution in [0.2, 0.25) is 0 Å². The minimum atomic E-state index is -0.484. The third-order valence-electron chi connectivity index (χ3n) is 3.61. The highest BCUT2D eigenvalue weighted by molar-refractivity contribution is 5.85. The molecule has 0 bridgehead atoms. The molecule has 2 rings (SSSR count). The lowest BCUT2D eigenvalue weighted by Crippen LogP contribution is -2.41. The van der Waals surface area contributed by atoms with Gasteiger partial charge in [0.25, 0.3) is 0 Å². The Kier molecular flexibility index (Phi) is 5.03. The van der Waals surface area contributed by atoms with Gasteiger partial charge >= 0.3 is 6.09 Å². The van der Waals surface area contributed by atoms with Gasteiger partial charge in [0.2, 0.25) is 5.91 Å². The van der Waals surface area contributed by atoms with Crippen molar-refractivity contribution in [3.63, 3.8) is 0 Å². The van der Waals surface area contributed by atoms with Gasteiger partial charge in [0.1, 0.15) is 0 Å². The summed E-state index contributed by atoms with van der Waals surface area (Å²) in [4.78, 5) is 24.4. The number of amides is 2. The van der Waals surface area contributed by atoms with Crippen molar-refractivity contribution in [2.75, 3.05) is 30.8 Å². The number of likely N-dealkylation sites (tertiary alicyclic amines) is 1. The number of piperidine rings is 1. The molecule has 1 fully saturated rings. The average molecular weight is 291 g/mol. The third-order valence-corrected chi connectivity index (χ3v) is 3.61. The van der Waals surface area contributed by atoms with E-state index in [-0.39, 0.29) is 5.91 Å². The molecule has 21 heavy (non-hydrogen) atoms. The van der Waals surface area contributed by atoms with E-state index in [1.54, 1.807) is 13.0 Å². The molecule has 114 valence electrons. The standard InChI is InChI=1S/C15H21N3O3/c1-11(19)18-8-6-12(7-9-18)16-13-4-3-5-14(10-13)17-15(20)21-2/h3-5,10,12,16H,6-9H2,1-2H3,(H,17,20). The number of nitrogens with zero attached hydrogens (tertiary/aromatic N) is 1. The first kappa shape index (κ1) is 15.2. The van der Waals surface area contributed by atoms with Crippen LogP contribution in [0.4, 0.5) is 16.2 Å². The number of hydrogen-bond acceptors (Lipinski definition) is 4. The van der Waals surface area contributed by atoms with E-state index in [4.69, 9.17) is 0 Å². The molecule has 0 spiro atoms. The summed E-state index contributed by atoms with van der Waals surface area (Å²) in [6, 6.07) is 7.85. The highest BCUT2D eigenvalue weighted by Gasteiger charge is 2.20. The smallest absolute Gasteiger partial charge is 0.411 e. The summed E-state index contributed by atoms with van der Waals surface area (Å²) in [6.45, 7) is 3.18. The molecule has 1 aromatic rings. The maximum atomic E-state index is 11.3. The fourth-order valence-corrected chi connectivity index (χ4v) is 2.43. The molecule has 1 aromatic carbocycles. The summed E-state index contributed by atoms with van der Waals surface area (Å²) in [5.41, 5.74) is 1.64. The van der Waals surface area contributed by atoms with E-state index in [2.05, 4.69) is 15.4 Å². The molecule has 0 aromatic heterocycles. The number of benzene rings is 1. The van der Waals surface area contributed by atoms with Gasteiger partial charge in [-0.3, -0.25) is 10.1 Å². The van der Waals surface area contributed by atoms with Crippen LogP contribution in [0, 0.1) is 0 Å². The molecular weight excluding hydrogens is 270 g/mol. The van der Waals surface area contributed by atoms with Crippen LogP contribution in [0.1, 0.15) is 19.8 Å². The zero-order valence-electron chi connectivity index (χ0n) is 12.4. The molecule has 0 aliphatic carbocycles. The van der Waals surface area contributed by atoms with Crippen molar-refractivity contribution in [1.82, 2.24) is 4.90 Å². The van der Waals surface area contributed by atoms with Crippen LogP contribution in [-0.4, -0.2) is 43.1 Å². The molecule has 1 heterocycles. The van der Waals surface area contributed by atoms with Gasteiger partial charge in [0.05, 0.1) is 7.11 Å². The molecule has 0 saturated carbocycles. The Bertz CT molecular complexity index is 511. The SMILES string of the molecule is COC(=O)Nc1cccc(NC2CCN(C(C)=O)CC2)c1. The number of ether oxygens (including phenoxy) is 1. The van der Waals surface area contributed by atoms with E-state index in [0.29, 0.717) is 11.7 Å². The van der Waals surface area contributed by atoms with Crippen molar-refractivity contribution >= 4 is 23.4 Å². The zero-order chi connectivity index (χ0) is 15.2. The molecule has 0 atom stereocenters. The Morgan fingerprint density at radius 1 is 1.24 bits per heavy atom. The third kappa shape index (κ3) is 4.37. The van der Waals surface area contributed by atoms with Gasteiger partial charge in [-0.15, -0.1) is 0 Å². The fourth-order valence-electron chi connectivity index (χ4n) is 2.43. The van der Waals surface area contributed by atoms with Crippen LogP contribution >= 0.6 is 0 Å². The summed E-state index contributed by atoms with van der Waals surface area (Å²) in [6.07, 6.45) is 1.37. The number of hydrogen-bond donors (Lipinski definition) is 2. The number of carbonyl (C=O) groups is 2. The molecule has 6 nitrogen and oxygen atoms in total. The first-order valence-electron chi connectivity index (χ1n) is 7.05. The van der Waals surface area contributed by atoms with Gasteiger partial charge in [0.15, 0.2) is 0 Å². The number of anilines is 2. The van der Waals surface area contributed by atoms with E-state index < -0.39 is 6.09 Å². The second kappa shape index (κ2) is 6.97. The molecule has 1 saturated heterocycles. The van der Waals surface area contributed by atoms with Gasteiger partial charge in [-0.25, -0.2) is 4.79 Å². The van der Waals surface area contributed by atoms with Crippen LogP contribution in [0.5, 0.6) is 0 Å². The van der Waals surface area contributed by atoms with Gasteiger partial charge in [-0.1, -0.05) is 6.07 Å². The number of rotatable bonds is 3. The largest absolute Gasteiger partial charge is 0.453 e. The number of nitrogens with one attached hydrogen (secondary N) is 2. The van der Waals surface area contributed by atoms with Gasteiger partial charge in [0, 0.05) is 37.4 Å². The van der Waals surface area contributed by atoms with Gasteiger partial charge in [-0.2, -0.15) is 0 Å². The molecule has 1 aliphatic rings. The summed E-state index contributed by atoms with van der Waals surface area (Å²) >= 11 is 0. The van der Waals surface area contributed by atoms with E-state index >= 15 is 0 Å². The fraction of sp³-hybridized carbons (Fsp3) is 0.467. The quantitative estimate of drug-likeness (QED) is 0.896. The number of methoxy groups -OCH3 is 1. The molecule has 0 unspecified atom stereocenters. The van der Waals surface area contributed by atoms with Crippen LogP contribution < -0.4 is 10.6 Å². The Balaban J connectivity index is 1.90. The Morgan fingerprint density at radius 2 is 1.90 bits per heavy atom. The highest BCUT2D eigenvalue weighted by Crippen LogP contribution is 2.20. The Hall–Kier alpha value is -2.24. The molecule has 2 amide bonds. The summed E-state index contributed by atoms with van der Waals surface area (Å²) in [5.74, 6) is 0.137. The maximum absolute atomic E-state index is 11.3. The van der Waals surface area contributed by atoms with Crippen LogP contribution in [0.15, 0.2) is 24.3 Å². The van der Waals surface area contributed by atoms with Gasteiger partial charge in [-0.05, 0) is 31.0 Å². The van der Waals surface area contributed by atoms with Crippen molar-refractivity contribution in [2.24, 2.45) is 0 Å². The van der Waals surface area contributed by atoms with E-state index in [1.807, 2.05) is 23.1 Å². The van der Waals surface area contributed by atoms with E-state index in [1.165, 1.54) is 7.11 Å². The minimum Gasteiger partial charge on any atom is -0.453 e. The summed E-state index contributed by atoms with van der Waals surface area (Å²) < 4.78 is 4.57. The molecular formula is C15H21N3O3. The number of carbonyl (C=O) groups excluding carboxylic acids is 2. The second-order valence-electron chi connectivity index (χ2n) is 5.12. The first-order chi connectivity index (χ1) is 10.1. The lowest BCUT2D eigenvalue weighted by molar-refractivity contribution is -0.129. The van der Waals surface area contributed by atoms with E-state index in [0.717, 1.165) is 31.6 Å². The minimum absolute atomic E-state index is 0.137. The monoisotopic (exact) mass is 291 g/mol. The van der Waals surface area contributed by atoms with Gasteiger partial charge < -0.3 is 15.0 Å². The van der Waals surface area contributed by atoms with Crippen molar-refractivity contribution in [3.8, 4) is 0 Å². The second-order valence-corrected chi connectivity index (χ2v) is 5.12. The lowest BCUT2D eigenvalue weighted by Gasteiger charge is -2.32.